The average Bonchev–Trinajstić information content (AvgIpc) is 3.16. The highest BCUT2D eigenvalue weighted by atomic mass is 32.1. The van der Waals surface area contributed by atoms with Crippen LogP contribution < -0.4 is 5.32 Å². The molecule has 0 radical (unpaired) electrons. The highest BCUT2D eigenvalue weighted by Gasteiger charge is 2.28. The Bertz CT molecular complexity index is 812. The minimum Gasteiger partial charge on any atom is -0.352 e. The molecule has 1 aliphatic heterocycles. The van der Waals surface area contributed by atoms with E-state index in [0.29, 0.717) is 6.54 Å². The number of thiophene rings is 1. The Labute approximate surface area is 163 Å². The second kappa shape index (κ2) is 8.21. The molecule has 2 aliphatic rings. The molecule has 3 heterocycles. The van der Waals surface area contributed by atoms with E-state index in [4.69, 9.17) is 0 Å². The molecular weight excluding hydrogens is 358 g/mol. The number of piperidine rings is 1. The molecule has 6 heteroatoms. The summed E-state index contributed by atoms with van der Waals surface area (Å²) in [6.45, 7) is 2.29. The van der Waals surface area contributed by atoms with Crippen molar-refractivity contribution in [1.29, 1.82) is 0 Å². The maximum Gasteiger partial charge on any atom is 0.263 e. The van der Waals surface area contributed by atoms with Crippen molar-refractivity contribution >= 4 is 23.2 Å². The lowest BCUT2D eigenvalue weighted by molar-refractivity contribution is -0.125. The minimum atomic E-state index is -0.00752. The molecule has 1 fully saturated rings. The van der Waals surface area contributed by atoms with Crippen molar-refractivity contribution in [2.45, 2.75) is 45.1 Å². The summed E-state index contributed by atoms with van der Waals surface area (Å²) in [4.78, 5) is 33.4. The van der Waals surface area contributed by atoms with Gasteiger partial charge in [-0.25, -0.2) is 0 Å². The summed E-state index contributed by atoms with van der Waals surface area (Å²) in [6, 6.07) is 5.87. The van der Waals surface area contributed by atoms with Crippen molar-refractivity contribution in [2.24, 2.45) is 5.92 Å². The van der Waals surface area contributed by atoms with Crippen molar-refractivity contribution in [1.82, 2.24) is 15.2 Å². The Kier molecular flexibility index (Phi) is 5.53. The van der Waals surface area contributed by atoms with E-state index in [9.17, 15) is 9.59 Å². The molecule has 1 saturated heterocycles. The van der Waals surface area contributed by atoms with Gasteiger partial charge in [-0.2, -0.15) is 0 Å². The first kappa shape index (κ1) is 18.2. The number of nitrogens with one attached hydrogen (secondary N) is 1. The van der Waals surface area contributed by atoms with E-state index in [0.717, 1.165) is 55.6 Å². The van der Waals surface area contributed by atoms with Crippen LogP contribution in [0.15, 0.2) is 30.6 Å². The van der Waals surface area contributed by atoms with Gasteiger partial charge >= 0.3 is 0 Å². The third-order valence-corrected chi connectivity index (χ3v) is 6.75. The van der Waals surface area contributed by atoms with Crippen LogP contribution in [0.2, 0.25) is 0 Å². The Morgan fingerprint density at radius 1 is 1.19 bits per heavy atom. The number of hydrogen-bond donors (Lipinski definition) is 1. The van der Waals surface area contributed by atoms with Crippen LogP contribution in [-0.4, -0.2) is 34.8 Å². The van der Waals surface area contributed by atoms with Gasteiger partial charge < -0.3 is 10.2 Å². The minimum absolute atomic E-state index is 0.00752. The molecule has 5 nitrogen and oxygen atoms in total. The Morgan fingerprint density at radius 3 is 2.74 bits per heavy atom. The second-order valence-corrected chi connectivity index (χ2v) is 8.56. The molecule has 2 aromatic heterocycles. The molecular formula is C21H25N3O2S. The number of aromatic nitrogens is 1. The van der Waals surface area contributed by atoms with Crippen molar-refractivity contribution in [3.05, 3.63) is 51.5 Å². The number of fused-ring (bicyclic) bond motifs is 1. The molecule has 1 atom stereocenters. The molecule has 0 saturated carbocycles. The largest absolute Gasteiger partial charge is 0.352 e. The first-order valence-electron chi connectivity index (χ1n) is 9.78. The summed E-state index contributed by atoms with van der Waals surface area (Å²) in [6.07, 6.45) is 9.39. The van der Waals surface area contributed by atoms with E-state index >= 15 is 0 Å². The van der Waals surface area contributed by atoms with E-state index in [1.165, 1.54) is 16.9 Å². The number of pyridine rings is 1. The molecule has 27 heavy (non-hydrogen) atoms. The predicted molar refractivity (Wildman–Crippen MR) is 106 cm³/mol. The highest BCUT2D eigenvalue weighted by molar-refractivity contribution is 7.14. The summed E-state index contributed by atoms with van der Waals surface area (Å²) in [7, 11) is 0. The van der Waals surface area contributed by atoms with E-state index in [-0.39, 0.29) is 17.7 Å². The zero-order valence-corrected chi connectivity index (χ0v) is 16.3. The molecule has 0 spiro atoms. The molecule has 0 aromatic carbocycles. The number of likely N-dealkylation sites (tertiary alicyclic amines) is 1. The maximum absolute atomic E-state index is 12.7. The summed E-state index contributed by atoms with van der Waals surface area (Å²) < 4.78 is 0. The van der Waals surface area contributed by atoms with E-state index < -0.39 is 0 Å². The van der Waals surface area contributed by atoms with E-state index in [2.05, 4.69) is 10.3 Å². The van der Waals surface area contributed by atoms with Gasteiger partial charge in [0.1, 0.15) is 0 Å². The van der Waals surface area contributed by atoms with Gasteiger partial charge in [0.05, 0.1) is 4.88 Å². The third kappa shape index (κ3) is 4.21. The standard InChI is InChI=1S/C21H25N3O2S/c25-20(23-14-15-6-8-22-9-7-15)16-4-5-18-17(12-16)13-19(27-18)21(26)24-10-2-1-3-11-24/h6-9,13,16H,1-5,10-12,14H2,(H,23,25)/t16-/m0/s1. The quantitative estimate of drug-likeness (QED) is 0.882. The molecule has 0 unspecified atom stereocenters. The lowest BCUT2D eigenvalue weighted by Crippen LogP contribution is -2.35. The van der Waals surface area contributed by atoms with Gasteiger partial charge in [-0.1, -0.05) is 0 Å². The summed E-state index contributed by atoms with van der Waals surface area (Å²) in [5.41, 5.74) is 2.25. The zero-order chi connectivity index (χ0) is 18.6. The SMILES string of the molecule is O=C(NCc1ccncc1)[C@H]1CCc2sc(C(=O)N3CCCCC3)cc2C1. The van der Waals surface area contributed by atoms with Crippen LogP contribution in [0.4, 0.5) is 0 Å². The third-order valence-electron chi connectivity index (χ3n) is 5.52. The topological polar surface area (TPSA) is 62.3 Å². The van der Waals surface area contributed by atoms with Crippen LogP contribution in [0.25, 0.3) is 0 Å². The average molecular weight is 384 g/mol. The van der Waals surface area contributed by atoms with Crippen molar-refractivity contribution in [3.8, 4) is 0 Å². The number of rotatable bonds is 4. The van der Waals surface area contributed by atoms with Gasteiger partial charge in [-0.05, 0) is 67.9 Å². The first-order valence-corrected chi connectivity index (χ1v) is 10.6. The number of nitrogens with zero attached hydrogens (tertiary/aromatic N) is 2. The fraction of sp³-hybridized carbons (Fsp3) is 0.476. The maximum atomic E-state index is 12.7. The number of amides is 2. The first-order chi connectivity index (χ1) is 13.2. The van der Waals surface area contributed by atoms with Crippen LogP contribution in [0.1, 0.15) is 51.4 Å². The van der Waals surface area contributed by atoms with Crippen LogP contribution in [0.5, 0.6) is 0 Å². The van der Waals surface area contributed by atoms with Gasteiger partial charge in [-0.3, -0.25) is 14.6 Å². The lowest BCUT2D eigenvalue weighted by Gasteiger charge is -2.26. The van der Waals surface area contributed by atoms with Crippen molar-refractivity contribution in [3.63, 3.8) is 0 Å². The number of aryl methyl sites for hydroxylation is 1. The van der Waals surface area contributed by atoms with Crippen LogP contribution in [0.3, 0.4) is 0 Å². The van der Waals surface area contributed by atoms with Crippen LogP contribution in [0, 0.1) is 5.92 Å². The lowest BCUT2D eigenvalue weighted by atomic mass is 9.87. The van der Waals surface area contributed by atoms with E-state index in [1.54, 1.807) is 23.7 Å². The van der Waals surface area contributed by atoms with Crippen molar-refractivity contribution in [2.75, 3.05) is 13.1 Å². The van der Waals surface area contributed by atoms with Crippen molar-refractivity contribution < 1.29 is 9.59 Å². The smallest absolute Gasteiger partial charge is 0.263 e. The highest BCUT2D eigenvalue weighted by Crippen LogP contribution is 2.33. The molecule has 1 aliphatic carbocycles. The van der Waals surface area contributed by atoms with Gasteiger partial charge in [0.2, 0.25) is 5.91 Å². The molecule has 4 rings (SSSR count). The number of carbonyl (C=O) groups is 2. The van der Waals surface area contributed by atoms with Crippen LogP contribution >= 0.6 is 11.3 Å². The zero-order valence-electron chi connectivity index (χ0n) is 15.4. The molecule has 142 valence electrons. The number of hydrogen-bond acceptors (Lipinski definition) is 4. The van der Waals surface area contributed by atoms with Gasteiger partial charge in [0, 0.05) is 42.8 Å². The van der Waals surface area contributed by atoms with Gasteiger partial charge in [0.25, 0.3) is 5.91 Å². The normalized spacial score (nSPS) is 19.4. The fourth-order valence-electron chi connectivity index (χ4n) is 3.94. The predicted octanol–water partition coefficient (Wildman–Crippen LogP) is 3.19. The van der Waals surface area contributed by atoms with E-state index in [1.807, 2.05) is 23.1 Å². The second-order valence-electron chi connectivity index (χ2n) is 7.42. The van der Waals surface area contributed by atoms with Gasteiger partial charge in [0.15, 0.2) is 0 Å². The Balaban J connectivity index is 1.37. The Hall–Kier alpha value is -2.21. The number of carbonyl (C=O) groups excluding carboxylic acids is 2. The molecule has 2 aromatic rings. The van der Waals surface area contributed by atoms with Crippen LogP contribution in [-0.2, 0) is 24.2 Å². The Morgan fingerprint density at radius 2 is 1.96 bits per heavy atom. The molecule has 0 bridgehead atoms. The monoisotopic (exact) mass is 383 g/mol. The fourth-order valence-corrected chi connectivity index (χ4v) is 5.12. The molecule has 2 amide bonds. The summed E-state index contributed by atoms with van der Waals surface area (Å²) in [5, 5.41) is 3.04. The summed E-state index contributed by atoms with van der Waals surface area (Å²) >= 11 is 1.63. The molecule has 1 N–H and O–H groups in total. The summed E-state index contributed by atoms with van der Waals surface area (Å²) in [5.74, 6) is 0.271. The van der Waals surface area contributed by atoms with Gasteiger partial charge in [-0.15, -0.1) is 11.3 Å².